The van der Waals surface area contributed by atoms with Crippen molar-refractivity contribution in [2.75, 3.05) is 0 Å². The predicted octanol–water partition coefficient (Wildman–Crippen LogP) is 2.31. The summed E-state index contributed by atoms with van der Waals surface area (Å²) in [7, 11) is -3.99. The van der Waals surface area contributed by atoms with E-state index < -0.39 is 15.7 Å². The van der Waals surface area contributed by atoms with Crippen molar-refractivity contribution in [1.29, 1.82) is 0 Å². The van der Waals surface area contributed by atoms with Crippen molar-refractivity contribution in [1.82, 2.24) is 19.8 Å². The van der Waals surface area contributed by atoms with E-state index >= 15 is 0 Å². The molecule has 0 aliphatic carbocycles. The van der Waals surface area contributed by atoms with Crippen LogP contribution in [0.25, 0.3) is 15.9 Å². The van der Waals surface area contributed by atoms with Crippen LogP contribution in [0.3, 0.4) is 0 Å². The van der Waals surface area contributed by atoms with Crippen LogP contribution in [0.2, 0.25) is 0 Å². The molecule has 3 aromatic heterocycles. The molecule has 4 aromatic rings. The highest BCUT2D eigenvalue weighted by Crippen LogP contribution is 2.26. The molecule has 0 bridgehead atoms. The molecule has 0 radical (unpaired) electrons. The zero-order chi connectivity index (χ0) is 15.3. The van der Waals surface area contributed by atoms with E-state index in [2.05, 4.69) is 15.3 Å². The number of benzene rings is 1. The average molecular weight is 334 g/mol. The molecular formula is C13H7FN4O2S2. The minimum absolute atomic E-state index is 0.121. The van der Waals surface area contributed by atoms with Crippen molar-refractivity contribution in [3.8, 4) is 0 Å². The Kier molecular flexibility index (Phi) is 2.75. The van der Waals surface area contributed by atoms with Crippen LogP contribution in [0.1, 0.15) is 0 Å². The minimum Gasteiger partial charge on any atom is -0.233 e. The van der Waals surface area contributed by atoms with Crippen molar-refractivity contribution in [3.63, 3.8) is 0 Å². The Morgan fingerprint density at radius 3 is 2.91 bits per heavy atom. The standard InChI is InChI=1S/C13H7FN4O2S2/c14-8-2-1-3-9(6-8)22(19,20)13-12-15-7-11-10(4-5-21-11)18(12)17-16-13/h1-7H. The Morgan fingerprint density at radius 2 is 2.09 bits per heavy atom. The van der Waals surface area contributed by atoms with Crippen LogP contribution < -0.4 is 0 Å². The second-order valence-electron chi connectivity index (χ2n) is 4.52. The second kappa shape index (κ2) is 4.55. The highest BCUT2D eigenvalue weighted by atomic mass is 32.2. The van der Waals surface area contributed by atoms with Crippen LogP contribution in [0.4, 0.5) is 4.39 Å². The van der Waals surface area contributed by atoms with Gasteiger partial charge in [-0.1, -0.05) is 11.3 Å². The van der Waals surface area contributed by atoms with Gasteiger partial charge in [-0.25, -0.2) is 17.8 Å². The highest BCUT2D eigenvalue weighted by Gasteiger charge is 2.26. The van der Waals surface area contributed by atoms with Gasteiger partial charge in [-0.3, -0.25) is 0 Å². The van der Waals surface area contributed by atoms with Gasteiger partial charge in [-0.05, 0) is 29.6 Å². The maximum atomic E-state index is 13.3. The van der Waals surface area contributed by atoms with E-state index in [0.717, 1.165) is 16.3 Å². The molecule has 0 amide bonds. The maximum absolute atomic E-state index is 13.3. The van der Waals surface area contributed by atoms with E-state index in [9.17, 15) is 12.8 Å². The summed E-state index contributed by atoms with van der Waals surface area (Å²) >= 11 is 1.47. The smallest absolute Gasteiger partial charge is 0.229 e. The normalized spacial score (nSPS) is 12.2. The topological polar surface area (TPSA) is 77.2 Å². The monoisotopic (exact) mass is 334 g/mol. The molecule has 0 saturated heterocycles. The first-order valence-corrected chi connectivity index (χ1v) is 8.52. The van der Waals surface area contributed by atoms with E-state index in [4.69, 9.17) is 0 Å². The molecule has 0 unspecified atom stereocenters. The Bertz CT molecular complexity index is 1120. The van der Waals surface area contributed by atoms with Gasteiger partial charge in [0.05, 0.1) is 15.1 Å². The lowest BCUT2D eigenvalue weighted by molar-refractivity contribution is 0.587. The molecule has 0 aliphatic rings. The SMILES string of the molecule is O=S(=O)(c1cccc(F)c1)c1nnn2c1ncc1sccc12. The summed E-state index contributed by atoms with van der Waals surface area (Å²) < 4.78 is 40.8. The first-order chi connectivity index (χ1) is 10.6. The van der Waals surface area contributed by atoms with Crippen LogP contribution in [0.15, 0.2) is 51.8 Å². The van der Waals surface area contributed by atoms with Crippen LogP contribution in [-0.2, 0) is 9.84 Å². The predicted molar refractivity (Wildman–Crippen MR) is 78.0 cm³/mol. The number of aromatic nitrogens is 4. The van der Waals surface area contributed by atoms with Gasteiger partial charge < -0.3 is 0 Å². The molecule has 9 heteroatoms. The van der Waals surface area contributed by atoms with Gasteiger partial charge in [0.2, 0.25) is 14.9 Å². The third-order valence-corrected chi connectivity index (χ3v) is 5.67. The molecule has 0 N–H and O–H groups in total. The molecule has 6 nitrogen and oxygen atoms in total. The summed E-state index contributed by atoms with van der Waals surface area (Å²) in [5, 5.41) is 9.19. The van der Waals surface area contributed by atoms with E-state index in [-0.39, 0.29) is 15.6 Å². The van der Waals surface area contributed by atoms with Gasteiger partial charge in [0.1, 0.15) is 5.82 Å². The number of fused-ring (bicyclic) bond motifs is 3. The number of halogens is 1. The van der Waals surface area contributed by atoms with Crippen LogP contribution in [-0.4, -0.2) is 28.2 Å². The summed E-state index contributed by atoms with van der Waals surface area (Å²) in [4.78, 5) is 3.95. The number of hydrogen-bond donors (Lipinski definition) is 0. The maximum Gasteiger partial charge on any atom is 0.229 e. The second-order valence-corrected chi connectivity index (χ2v) is 7.33. The fraction of sp³-hybridized carbons (Fsp3) is 0. The Balaban J connectivity index is 2.01. The van der Waals surface area contributed by atoms with Crippen LogP contribution in [0.5, 0.6) is 0 Å². The molecule has 22 heavy (non-hydrogen) atoms. The molecule has 110 valence electrons. The Morgan fingerprint density at radius 1 is 1.23 bits per heavy atom. The lowest BCUT2D eigenvalue weighted by atomic mass is 10.4. The van der Waals surface area contributed by atoms with Gasteiger partial charge in [-0.15, -0.1) is 16.4 Å². The van der Waals surface area contributed by atoms with Gasteiger partial charge in [0.15, 0.2) is 5.65 Å². The molecule has 4 rings (SSSR count). The average Bonchev–Trinajstić information content (AvgIpc) is 3.13. The summed E-state index contributed by atoms with van der Waals surface area (Å²) in [5.74, 6) is -0.634. The van der Waals surface area contributed by atoms with Crippen molar-refractivity contribution in [2.24, 2.45) is 0 Å². The largest absolute Gasteiger partial charge is 0.233 e. The van der Waals surface area contributed by atoms with E-state index in [1.165, 1.54) is 34.1 Å². The van der Waals surface area contributed by atoms with Gasteiger partial charge in [0, 0.05) is 6.20 Å². The van der Waals surface area contributed by atoms with Gasteiger partial charge >= 0.3 is 0 Å². The molecule has 0 spiro atoms. The Hall–Kier alpha value is -2.39. The molecule has 0 atom stereocenters. The van der Waals surface area contributed by atoms with E-state index in [1.54, 1.807) is 6.20 Å². The van der Waals surface area contributed by atoms with E-state index in [1.807, 2.05) is 11.4 Å². The van der Waals surface area contributed by atoms with Gasteiger partial charge in [0.25, 0.3) is 0 Å². The van der Waals surface area contributed by atoms with Crippen molar-refractivity contribution >= 4 is 37.0 Å². The fourth-order valence-corrected chi connectivity index (χ4v) is 4.17. The molecule has 0 saturated carbocycles. The van der Waals surface area contributed by atoms with Crippen LogP contribution >= 0.6 is 11.3 Å². The quantitative estimate of drug-likeness (QED) is 0.562. The Labute approximate surface area is 127 Å². The summed E-state index contributed by atoms with van der Waals surface area (Å²) in [6.07, 6.45) is 1.57. The molecular weight excluding hydrogens is 327 g/mol. The molecule has 0 fully saturated rings. The summed E-state index contributed by atoms with van der Waals surface area (Å²) in [6, 6.07) is 6.58. The third kappa shape index (κ3) is 1.82. The first-order valence-electron chi connectivity index (χ1n) is 6.16. The van der Waals surface area contributed by atoms with Crippen molar-refractivity contribution in [3.05, 3.63) is 47.7 Å². The summed E-state index contributed by atoms with van der Waals surface area (Å²) in [6.45, 7) is 0. The zero-order valence-corrected chi connectivity index (χ0v) is 12.5. The lowest BCUT2D eigenvalue weighted by Crippen LogP contribution is -2.04. The first kappa shape index (κ1) is 13.3. The van der Waals surface area contributed by atoms with Crippen LogP contribution in [0, 0.1) is 5.82 Å². The van der Waals surface area contributed by atoms with Crippen molar-refractivity contribution in [2.45, 2.75) is 9.92 Å². The molecule has 3 heterocycles. The number of sulfone groups is 1. The molecule has 1 aromatic carbocycles. The lowest BCUT2D eigenvalue weighted by Gasteiger charge is -2.01. The molecule has 0 aliphatic heterocycles. The fourth-order valence-electron chi connectivity index (χ4n) is 2.16. The minimum atomic E-state index is -3.99. The highest BCUT2D eigenvalue weighted by molar-refractivity contribution is 7.91. The third-order valence-electron chi connectivity index (χ3n) is 3.18. The number of rotatable bonds is 2. The summed E-state index contributed by atoms with van der Waals surface area (Å²) in [5.41, 5.74) is 0.846. The van der Waals surface area contributed by atoms with Gasteiger partial charge in [-0.2, -0.15) is 4.52 Å². The number of hydrogen-bond acceptors (Lipinski definition) is 6. The number of nitrogens with zero attached hydrogens (tertiary/aromatic N) is 4. The van der Waals surface area contributed by atoms with Crippen molar-refractivity contribution < 1.29 is 12.8 Å². The zero-order valence-electron chi connectivity index (χ0n) is 10.8. The number of thiophene rings is 1. The van der Waals surface area contributed by atoms with E-state index in [0.29, 0.717) is 0 Å².